The summed E-state index contributed by atoms with van der Waals surface area (Å²) in [4.78, 5) is 22.6. The van der Waals surface area contributed by atoms with Gasteiger partial charge >= 0.3 is 0 Å². The number of fused-ring (bicyclic) bond motifs is 1. The fraction of sp³-hybridized carbons (Fsp3) is 0.0556. The number of hydrogen-bond donors (Lipinski definition) is 1. The number of aromatic nitrogens is 3. The summed E-state index contributed by atoms with van der Waals surface area (Å²) in [6.45, 7) is 0. The van der Waals surface area contributed by atoms with Crippen molar-refractivity contribution in [1.29, 1.82) is 0 Å². The Morgan fingerprint density at radius 1 is 1.19 bits per heavy atom. The van der Waals surface area contributed by atoms with Gasteiger partial charge in [0.05, 0.1) is 30.8 Å². The highest BCUT2D eigenvalue weighted by molar-refractivity contribution is 7.17. The van der Waals surface area contributed by atoms with Crippen LogP contribution in [-0.4, -0.2) is 20.4 Å². The number of aryl methyl sites for hydroxylation is 1. The summed E-state index contributed by atoms with van der Waals surface area (Å²) in [5.41, 5.74) is 1.96. The lowest BCUT2D eigenvalue weighted by Gasteiger charge is -2.04. The van der Waals surface area contributed by atoms with Crippen molar-refractivity contribution >= 4 is 57.3 Å². The third-order valence-corrected chi connectivity index (χ3v) is 5.45. The summed E-state index contributed by atoms with van der Waals surface area (Å²) >= 11 is 13.2. The molecular weight excluding hydrogens is 391 g/mol. The number of para-hydroxylation sites is 2. The van der Waals surface area contributed by atoms with E-state index < -0.39 is 0 Å². The minimum Gasteiger partial charge on any atom is -0.326 e. The maximum absolute atomic E-state index is 12.5. The Bertz CT molecular complexity index is 1140. The van der Waals surface area contributed by atoms with Gasteiger partial charge in [-0.3, -0.25) is 4.79 Å². The number of halogens is 2. The average Bonchev–Trinajstić information content (AvgIpc) is 3.23. The van der Waals surface area contributed by atoms with Crippen LogP contribution in [0.15, 0.2) is 48.7 Å². The predicted octanol–water partition coefficient (Wildman–Crippen LogP) is 5.26. The van der Waals surface area contributed by atoms with Gasteiger partial charge in [0.25, 0.3) is 5.91 Å². The fourth-order valence-electron chi connectivity index (χ4n) is 2.62. The lowest BCUT2D eigenvalue weighted by Crippen LogP contribution is -2.11. The first-order chi connectivity index (χ1) is 12.5. The van der Waals surface area contributed by atoms with Gasteiger partial charge in [-0.1, -0.05) is 35.3 Å². The molecule has 8 heteroatoms. The minimum atomic E-state index is -0.281. The highest BCUT2D eigenvalue weighted by atomic mass is 35.5. The van der Waals surface area contributed by atoms with Gasteiger partial charge in [-0.25, -0.2) is 9.97 Å². The molecule has 0 saturated heterocycles. The number of imidazole rings is 1. The van der Waals surface area contributed by atoms with Crippen molar-refractivity contribution in [3.05, 3.63) is 63.6 Å². The number of hydrogen-bond acceptors (Lipinski definition) is 4. The summed E-state index contributed by atoms with van der Waals surface area (Å²) in [7, 11) is 1.96. The molecule has 5 nitrogen and oxygen atoms in total. The van der Waals surface area contributed by atoms with Crippen LogP contribution in [0, 0.1) is 0 Å². The van der Waals surface area contributed by atoms with Crippen LogP contribution in [0.2, 0.25) is 10.0 Å². The van der Waals surface area contributed by atoms with Crippen molar-refractivity contribution in [3.8, 4) is 10.7 Å². The van der Waals surface area contributed by atoms with Gasteiger partial charge in [-0.05, 0) is 30.3 Å². The molecule has 4 rings (SSSR count). The van der Waals surface area contributed by atoms with E-state index >= 15 is 0 Å². The summed E-state index contributed by atoms with van der Waals surface area (Å²) < 4.78 is 2.01. The van der Waals surface area contributed by atoms with E-state index in [1.807, 2.05) is 41.9 Å². The monoisotopic (exact) mass is 402 g/mol. The van der Waals surface area contributed by atoms with Gasteiger partial charge in [-0.2, -0.15) is 0 Å². The molecular formula is C18H12Cl2N4OS. The smallest absolute Gasteiger partial charge is 0.266 e. The molecule has 1 N–H and O–H groups in total. The Morgan fingerprint density at radius 2 is 2.00 bits per heavy atom. The third-order valence-electron chi connectivity index (χ3n) is 3.88. The first kappa shape index (κ1) is 17.0. The van der Waals surface area contributed by atoms with Crippen LogP contribution < -0.4 is 5.32 Å². The number of nitrogens with zero attached hydrogens (tertiary/aromatic N) is 3. The molecule has 4 aromatic rings. The second-order valence-electron chi connectivity index (χ2n) is 5.59. The SMILES string of the molecule is Cn1c(-c2ccc(C(=O)Nc3ncc(Cl)cc3Cl)s2)nc2ccccc21. The van der Waals surface area contributed by atoms with Crippen molar-refractivity contribution in [2.24, 2.45) is 7.05 Å². The first-order valence-corrected chi connectivity index (χ1v) is 9.24. The molecule has 3 heterocycles. The molecule has 0 fully saturated rings. The molecule has 0 aliphatic rings. The van der Waals surface area contributed by atoms with E-state index in [2.05, 4.69) is 15.3 Å². The summed E-state index contributed by atoms with van der Waals surface area (Å²) in [6.07, 6.45) is 1.43. The molecule has 0 spiro atoms. The Hall–Kier alpha value is -2.41. The molecule has 26 heavy (non-hydrogen) atoms. The Morgan fingerprint density at radius 3 is 2.77 bits per heavy atom. The second kappa shape index (κ2) is 6.72. The van der Waals surface area contributed by atoms with E-state index in [0.29, 0.717) is 9.90 Å². The van der Waals surface area contributed by atoms with Gasteiger partial charge < -0.3 is 9.88 Å². The summed E-state index contributed by atoms with van der Waals surface area (Å²) in [5, 5.41) is 3.40. The fourth-order valence-corrected chi connectivity index (χ4v) is 3.98. The second-order valence-corrected chi connectivity index (χ2v) is 7.51. The average molecular weight is 403 g/mol. The molecule has 0 bridgehead atoms. The molecule has 0 aliphatic carbocycles. The number of carbonyl (C=O) groups excluding carboxylic acids is 1. The normalized spacial score (nSPS) is 11.0. The van der Waals surface area contributed by atoms with E-state index in [-0.39, 0.29) is 16.7 Å². The standard InChI is InChI=1S/C18H12Cl2N4OS/c1-24-13-5-3-2-4-12(13)22-17(24)14-6-7-15(26-14)18(25)23-16-11(20)8-10(19)9-21-16/h2-9H,1H3,(H,21,23,25). The third kappa shape index (κ3) is 3.07. The number of nitrogens with one attached hydrogen (secondary N) is 1. The molecule has 1 aromatic carbocycles. The van der Waals surface area contributed by atoms with Crippen molar-refractivity contribution in [2.75, 3.05) is 5.32 Å². The van der Waals surface area contributed by atoms with Crippen molar-refractivity contribution in [2.45, 2.75) is 0 Å². The molecule has 1 amide bonds. The predicted molar refractivity (Wildman–Crippen MR) is 106 cm³/mol. The first-order valence-electron chi connectivity index (χ1n) is 7.67. The number of rotatable bonds is 3. The topological polar surface area (TPSA) is 59.8 Å². The van der Waals surface area contributed by atoms with Gasteiger partial charge in [0.15, 0.2) is 11.6 Å². The quantitative estimate of drug-likeness (QED) is 0.508. The number of benzene rings is 1. The number of pyridine rings is 1. The molecule has 0 unspecified atom stereocenters. The maximum Gasteiger partial charge on any atom is 0.266 e. The number of carbonyl (C=O) groups is 1. The number of anilines is 1. The van der Waals surface area contributed by atoms with Gasteiger partial charge in [-0.15, -0.1) is 11.3 Å². The minimum absolute atomic E-state index is 0.277. The number of amides is 1. The van der Waals surface area contributed by atoms with Crippen molar-refractivity contribution < 1.29 is 4.79 Å². The molecule has 0 aliphatic heterocycles. The van der Waals surface area contributed by atoms with E-state index in [1.165, 1.54) is 23.6 Å². The summed E-state index contributed by atoms with van der Waals surface area (Å²) in [6, 6.07) is 13.1. The highest BCUT2D eigenvalue weighted by Gasteiger charge is 2.16. The van der Waals surface area contributed by atoms with Crippen LogP contribution in [-0.2, 0) is 7.05 Å². The maximum atomic E-state index is 12.5. The van der Waals surface area contributed by atoms with E-state index in [4.69, 9.17) is 23.2 Å². The lowest BCUT2D eigenvalue weighted by molar-refractivity contribution is 0.103. The van der Waals surface area contributed by atoms with Crippen molar-refractivity contribution in [3.63, 3.8) is 0 Å². The number of thiophene rings is 1. The molecule has 130 valence electrons. The Balaban J connectivity index is 1.62. The Labute approximate surface area is 163 Å². The van der Waals surface area contributed by atoms with Crippen LogP contribution in [0.4, 0.5) is 5.82 Å². The van der Waals surface area contributed by atoms with Crippen molar-refractivity contribution in [1.82, 2.24) is 14.5 Å². The Kier molecular flexibility index (Phi) is 4.40. The molecule has 0 atom stereocenters. The molecule has 0 radical (unpaired) electrons. The van der Waals surface area contributed by atoms with Gasteiger partial charge in [0.1, 0.15) is 0 Å². The van der Waals surface area contributed by atoms with Crippen LogP contribution in [0.25, 0.3) is 21.7 Å². The zero-order chi connectivity index (χ0) is 18.3. The zero-order valence-electron chi connectivity index (χ0n) is 13.5. The van der Waals surface area contributed by atoms with E-state index in [9.17, 15) is 4.79 Å². The van der Waals surface area contributed by atoms with Crippen LogP contribution >= 0.6 is 34.5 Å². The molecule has 0 saturated carbocycles. The van der Waals surface area contributed by atoms with E-state index in [0.717, 1.165) is 21.7 Å². The zero-order valence-corrected chi connectivity index (χ0v) is 15.9. The summed E-state index contributed by atoms with van der Waals surface area (Å²) in [5.74, 6) is 0.813. The molecule has 3 aromatic heterocycles. The lowest BCUT2D eigenvalue weighted by atomic mass is 10.3. The van der Waals surface area contributed by atoms with Crippen LogP contribution in [0.5, 0.6) is 0 Å². The largest absolute Gasteiger partial charge is 0.326 e. The van der Waals surface area contributed by atoms with E-state index in [1.54, 1.807) is 6.07 Å². The van der Waals surface area contributed by atoms with Crippen LogP contribution in [0.3, 0.4) is 0 Å². The highest BCUT2D eigenvalue weighted by Crippen LogP contribution is 2.30. The van der Waals surface area contributed by atoms with Gasteiger partial charge in [0, 0.05) is 13.2 Å². The van der Waals surface area contributed by atoms with Crippen LogP contribution in [0.1, 0.15) is 9.67 Å². The van der Waals surface area contributed by atoms with Gasteiger partial charge in [0.2, 0.25) is 0 Å².